The Hall–Kier alpha value is -1.21. The zero-order valence-corrected chi connectivity index (χ0v) is 12.6. The molecule has 0 aliphatic rings. The van der Waals surface area contributed by atoms with E-state index in [0.29, 0.717) is 17.0 Å². The topological polar surface area (TPSA) is 61.0 Å². The van der Waals surface area contributed by atoms with Gasteiger partial charge in [-0.25, -0.2) is 0 Å². The third-order valence-corrected chi connectivity index (χ3v) is 3.82. The van der Waals surface area contributed by atoms with Gasteiger partial charge in [0.15, 0.2) is 4.60 Å². The maximum Gasteiger partial charge on any atom is 0.396 e. The predicted molar refractivity (Wildman–Crippen MR) is 74.6 cm³/mol. The average Bonchev–Trinajstić information content (AvgIpc) is 2.60. The summed E-state index contributed by atoms with van der Waals surface area (Å²) in [6, 6.07) is 7.79. The molecule has 0 aliphatic carbocycles. The van der Waals surface area contributed by atoms with Crippen molar-refractivity contribution in [3.8, 4) is 0 Å². The SMILES string of the molecule is Cc1nc([N+](=O)[O-])c(Br)n1Cc1ccc(Br)cc1. The van der Waals surface area contributed by atoms with Gasteiger partial charge in [0.05, 0.1) is 6.54 Å². The smallest absolute Gasteiger partial charge is 0.358 e. The van der Waals surface area contributed by atoms with Gasteiger partial charge in [-0.2, -0.15) is 0 Å². The minimum absolute atomic E-state index is 0.149. The predicted octanol–water partition coefficient (Wildman–Crippen LogP) is 3.67. The van der Waals surface area contributed by atoms with E-state index in [2.05, 4.69) is 36.8 Å². The molecule has 2 aromatic rings. The van der Waals surface area contributed by atoms with Crippen LogP contribution >= 0.6 is 31.9 Å². The molecule has 7 heteroatoms. The number of aromatic nitrogens is 2. The van der Waals surface area contributed by atoms with Crippen molar-refractivity contribution in [1.82, 2.24) is 9.55 Å². The van der Waals surface area contributed by atoms with E-state index < -0.39 is 4.92 Å². The van der Waals surface area contributed by atoms with E-state index >= 15 is 0 Å². The molecule has 0 saturated carbocycles. The zero-order chi connectivity index (χ0) is 13.3. The minimum atomic E-state index is -0.491. The first-order valence-corrected chi connectivity index (χ1v) is 6.69. The molecule has 94 valence electrons. The highest BCUT2D eigenvalue weighted by Crippen LogP contribution is 2.26. The van der Waals surface area contributed by atoms with Crippen LogP contribution in [0.4, 0.5) is 5.82 Å². The standard InChI is InChI=1S/C11H9Br2N3O2/c1-7-14-11(16(17)18)10(13)15(7)6-8-2-4-9(12)5-3-8/h2-5H,6H2,1H3. The van der Waals surface area contributed by atoms with Crippen molar-refractivity contribution in [3.05, 3.63) is 54.8 Å². The summed E-state index contributed by atoms with van der Waals surface area (Å²) in [5.74, 6) is 0.459. The third kappa shape index (κ3) is 2.62. The average molecular weight is 375 g/mol. The van der Waals surface area contributed by atoms with E-state index in [-0.39, 0.29) is 5.82 Å². The van der Waals surface area contributed by atoms with E-state index in [1.807, 2.05) is 24.3 Å². The summed E-state index contributed by atoms with van der Waals surface area (Å²) in [4.78, 5) is 14.2. The van der Waals surface area contributed by atoms with E-state index in [4.69, 9.17) is 0 Å². The molecule has 0 atom stereocenters. The van der Waals surface area contributed by atoms with Gasteiger partial charge in [0.2, 0.25) is 5.82 Å². The zero-order valence-electron chi connectivity index (χ0n) is 9.43. The maximum absolute atomic E-state index is 10.8. The summed E-state index contributed by atoms with van der Waals surface area (Å²) in [5, 5.41) is 10.8. The highest BCUT2D eigenvalue weighted by atomic mass is 79.9. The van der Waals surface area contributed by atoms with Crippen LogP contribution in [0.25, 0.3) is 0 Å². The van der Waals surface area contributed by atoms with Crippen molar-refractivity contribution in [2.24, 2.45) is 0 Å². The molecule has 2 rings (SSSR count). The van der Waals surface area contributed by atoms with Crippen LogP contribution < -0.4 is 0 Å². The van der Waals surface area contributed by atoms with Crippen LogP contribution in [0, 0.1) is 17.0 Å². The Labute approximate surface area is 120 Å². The molecule has 0 saturated heterocycles. The minimum Gasteiger partial charge on any atom is -0.358 e. The number of aryl methyl sites for hydroxylation is 1. The summed E-state index contributed by atoms with van der Waals surface area (Å²) >= 11 is 6.59. The second-order valence-corrected chi connectivity index (χ2v) is 5.41. The van der Waals surface area contributed by atoms with Gasteiger partial charge in [0.25, 0.3) is 0 Å². The fraction of sp³-hybridized carbons (Fsp3) is 0.182. The normalized spacial score (nSPS) is 10.6. The van der Waals surface area contributed by atoms with Crippen LogP contribution in [0.3, 0.4) is 0 Å². The molecule has 0 spiro atoms. The van der Waals surface area contributed by atoms with Crippen LogP contribution in [0.15, 0.2) is 33.3 Å². The molecule has 0 aliphatic heterocycles. The number of rotatable bonds is 3. The Morgan fingerprint density at radius 2 is 1.94 bits per heavy atom. The Bertz CT molecular complexity index is 593. The number of nitrogens with zero attached hydrogens (tertiary/aromatic N) is 3. The number of hydrogen-bond acceptors (Lipinski definition) is 3. The van der Waals surface area contributed by atoms with Crippen LogP contribution in [0.1, 0.15) is 11.4 Å². The Morgan fingerprint density at radius 3 is 2.44 bits per heavy atom. The summed E-state index contributed by atoms with van der Waals surface area (Å²) in [7, 11) is 0. The lowest BCUT2D eigenvalue weighted by Crippen LogP contribution is -2.02. The number of nitro groups is 1. The van der Waals surface area contributed by atoms with Crippen molar-refractivity contribution in [2.75, 3.05) is 0 Å². The molecule has 0 N–H and O–H groups in total. The summed E-state index contributed by atoms with van der Waals surface area (Å²) in [5.41, 5.74) is 1.05. The third-order valence-electron chi connectivity index (χ3n) is 2.51. The molecular formula is C11H9Br2N3O2. The fourth-order valence-electron chi connectivity index (χ4n) is 1.59. The lowest BCUT2D eigenvalue weighted by atomic mass is 10.2. The fourth-order valence-corrected chi connectivity index (χ4v) is 2.47. The number of imidazole rings is 1. The van der Waals surface area contributed by atoms with Crippen LogP contribution in [-0.2, 0) is 6.54 Å². The number of hydrogen-bond donors (Lipinski definition) is 0. The lowest BCUT2D eigenvalue weighted by molar-refractivity contribution is -0.390. The van der Waals surface area contributed by atoms with Crippen molar-refractivity contribution < 1.29 is 4.92 Å². The Balaban J connectivity index is 2.34. The van der Waals surface area contributed by atoms with E-state index in [0.717, 1.165) is 10.0 Å². The second kappa shape index (κ2) is 5.19. The van der Waals surface area contributed by atoms with Gasteiger partial charge in [-0.1, -0.05) is 28.1 Å². The summed E-state index contributed by atoms with van der Waals surface area (Å²) in [6.45, 7) is 2.29. The number of benzene rings is 1. The van der Waals surface area contributed by atoms with E-state index in [9.17, 15) is 10.1 Å². The highest BCUT2D eigenvalue weighted by molar-refractivity contribution is 9.10. The number of halogens is 2. The molecule has 1 aromatic heterocycles. The molecule has 0 bridgehead atoms. The van der Waals surface area contributed by atoms with E-state index in [1.54, 1.807) is 11.5 Å². The van der Waals surface area contributed by atoms with Gasteiger partial charge in [-0.05, 0) is 43.5 Å². The second-order valence-electron chi connectivity index (χ2n) is 3.74. The van der Waals surface area contributed by atoms with Crippen molar-refractivity contribution >= 4 is 37.7 Å². The van der Waals surface area contributed by atoms with Gasteiger partial charge in [0.1, 0.15) is 0 Å². The van der Waals surface area contributed by atoms with Gasteiger partial charge >= 0.3 is 5.82 Å². The molecule has 0 radical (unpaired) electrons. The summed E-state index contributed by atoms with van der Waals surface area (Å²) < 4.78 is 3.16. The Morgan fingerprint density at radius 1 is 1.33 bits per heavy atom. The van der Waals surface area contributed by atoms with Gasteiger partial charge in [-0.15, -0.1) is 0 Å². The molecule has 1 heterocycles. The van der Waals surface area contributed by atoms with E-state index in [1.165, 1.54) is 0 Å². The lowest BCUT2D eigenvalue weighted by Gasteiger charge is -2.04. The molecule has 1 aromatic carbocycles. The summed E-state index contributed by atoms with van der Waals surface area (Å²) in [6.07, 6.45) is 0. The monoisotopic (exact) mass is 373 g/mol. The first-order valence-electron chi connectivity index (χ1n) is 5.10. The van der Waals surface area contributed by atoms with Gasteiger partial charge < -0.3 is 10.1 Å². The molecule has 0 amide bonds. The molecule has 18 heavy (non-hydrogen) atoms. The molecule has 0 fully saturated rings. The van der Waals surface area contributed by atoms with Crippen LogP contribution in [0.5, 0.6) is 0 Å². The first kappa shape index (κ1) is 13.2. The van der Waals surface area contributed by atoms with Crippen molar-refractivity contribution in [1.29, 1.82) is 0 Å². The first-order chi connectivity index (χ1) is 8.49. The quantitative estimate of drug-likeness (QED) is 0.608. The van der Waals surface area contributed by atoms with Crippen molar-refractivity contribution in [3.63, 3.8) is 0 Å². The molecule has 0 unspecified atom stereocenters. The highest BCUT2D eigenvalue weighted by Gasteiger charge is 2.23. The van der Waals surface area contributed by atoms with Gasteiger partial charge in [0, 0.05) is 11.4 Å². The molecular weight excluding hydrogens is 366 g/mol. The van der Waals surface area contributed by atoms with Crippen LogP contribution in [-0.4, -0.2) is 14.5 Å². The largest absolute Gasteiger partial charge is 0.396 e. The molecule has 5 nitrogen and oxygen atoms in total. The van der Waals surface area contributed by atoms with Gasteiger partial charge in [-0.3, -0.25) is 4.57 Å². The van der Waals surface area contributed by atoms with Crippen molar-refractivity contribution in [2.45, 2.75) is 13.5 Å². The maximum atomic E-state index is 10.8. The van der Waals surface area contributed by atoms with Crippen LogP contribution in [0.2, 0.25) is 0 Å². The Kier molecular flexibility index (Phi) is 3.82.